The van der Waals surface area contributed by atoms with Crippen LogP contribution in [0.3, 0.4) is 0 Å². The van der Waals surface area contributed by atoms with Crippen LogP contribution in [0.1, 0.15) is 16.9 Å². The van der Waals surface area contributed by atoms with Gasteiger partial charge in [-0.3, -0.25) is 9.89 Å². The number of aromatic nitrogens is 2. The van der Waals surface area contributed by atoms with Crippen molar-refractivity contribution < 1.29 is 13.2 Å². The van der Waals surface area contributed by atoms with Crippen molar-refractivity contribution in [2.75, 3.05) is 24.3 Å². The lowest BCUT2D eigenvalue weighted by molar-refractivity contribution is 0.0743. The van der Waals surface area contributed by atoms with E-state index in [2.05, 4.69) is 10.2 Å². The maximum atomic E-state index is 12.5. The van der Waals surface area contributed by atoms with Gasteiger partial charge in [-0.1, -0.05) is 0 Å². The van der Waals surface area contributed by atoms with Gasteiger partial charge >= 0.3 is 0 Å². The van der Waals surface area contributed by atoms with Crippen molar-refractivity contribution in [3.8, 4) is 0 Å². The molecule has 1 unspecified atom stereocenters. The van der Waals surface area contributed by atoms with E-state index in [1.807, 2.05) is 0 Å². The van der Waals surface area contributed by atoms with Gasteiger partial charge in [-0.25, -0.2) is 8.42 Å². The average Bonchev–Trinajstić information content (AvgIpc) is 3.00. The molecular weight excluding hydrogens is 292 g/mol. The summed E-state index contributed by atoms with van der Waals surface area (Å²) in [6.45, 7) is 0. The Morgan fingerprint density at radius 1 is 1.48 bits per heavy atom. The molecule has 1 atom stereocenters. The fourth-order valence-electron chi connectivity index (χ4n) is 2.61. The third kappa shape index (κ3) is 2.46. The number of nitrogens with two attached hydrogens (primary N) is 1. The second-order valence-electron chi connectivity index (χ2n) is 5.35. The quantitative estimate of drug-likeness (QED) is 0.781. The molecule has 1 aliphatic heterocycles. The SMILES string of the molecule is CN(C(=O)c1n[nH]c2ccc(N)cc12)C1CCS(=O)(=O)C1. The highest BCUT2D eigenvalue weighted by Crippen LogP contribution is 2.23. The molecule has 1 fully saturated rings. The maximum absolute atomic E-state index is 12.5. The van der Waals surface area contributed by atoms with Crippen LogP contribution >= 0.6 is 0 Å². The van der Waals surface area contributed by atoms with Crippen LogP contribution in [-0.4, -0.2) is 54.0 Å². The van der Waals surface area contributed by atoms with Gasteiger partial charge < -0.3 is 10.6 Å². The molecule has 0 spiro atoms. The Kier molecular flexibility index (Phi) is 3.12. The van der Waals surface area contributed by atoms with E-state index in [0.29, 0.717) is 17.5 Å². The number of nitrogen functional groups attached to an aromatic ring is 1. The van der Waals surface area contributed by atoms with Crippen molar-refractivity contribution in [2.24, 2.45) is 0 Å². The Morgan fingerprint density at radius 2 is 2.24 bits per heavy atom. The molecule has 0 aliphatic carbocycles. The molecule has 3 N–H and O–H groups in total. The molecule has 21 heavy (non-hydrogen) atoms. The Balaban J connectivity index is 1.92. The minimum Gasteiger partial charge on any atom is -0.399 e. The number of sulfone groups is 1. The maximum Gasteiger partial charge on any atom is 0.275 e. The summed E-state index contributed by atoms with van der Waals surface area (Å²) in [5.41, 5.74) is 7.28. The number of hydrogen-bond acceptors (Lipinski definition) is 5. The summed E-state index contributed by atoms with van der Waals surface area (Å²) in [5, 5.41) is 7.48. The van der Waals surface area contributed by atoms with Crippen molar-refractivity contribution in [1.82, 2.24) is 15.1 Å². The molecule has 1 saturated heterocycles. The molecule has 1 aromatic carbocycles. The zero-order valence-electron chi connectivity index (χ0n) is 11.5. The monoisotopic (exact) mass is 308 g/mol. The second kappa shape index (κ2) is 4.73. The first-order valence-corrected chi connectivity index (χ1v) is 8.41. The molecule has 1 aromatic heterocycles. The Hall–Kier alpha value is -2.09. The van der Waals surface area contributed by atoms with E-state index in [-0.39, 0.29) is 29.1 Å². The number of H-pyrrole nitrogens is 1. The Bertz CT molecular complexity index is 812. The van der Waals surface area contributed by atoms with E-state index in [1.165, 1.54) is 4.90 Å². The molecule has 1 aliphatic rings. The summed E-state index contributed by atoms with van der Waals surface area (Å²) in [7, 11) is -1.42. The fourth-order valence-corrected chi connectivity index (χ4v) is 4.38. The van der Waals surface area contributed by atoms with Crippen LogP contribution in [0.2, 0.25) is 0 Å². The number of rotatable bonds is 2. The van der Waals surface area contributed by atoms with Crippen molar-refractivity contribution in [2.45, 2.75) is 12.5 Å². The summed E-state index contributed by atoms with van der Waals surface area (Å²) >= 11 is 0. The molecule has 112 valence electrons. The summed E-state index contributed by atoms with van der Waals surface area (Å²) < 4.78 is 23.1. The first-order chi connectivity index (χ1) is 9.87. The number of nitrogens with zero attached hydrogens (tertiary/aromatic N) is 2. The number of carbonyl (C=O) groups excluding carboxylic acids is 1. The van der Waals surface area contributed by atoms with Gasteiger partial charge in [0.2, 0.25) is 0 Å². The van der Waals surface area contributed by atoms with E-state index < -0.39 is 9.84 Å². The van der Waals surface area contributed by atoms with Gasteiger partial charge in [-0.05, 0) is 24.6 Å². The summed E-state index contributed by atoms with van der Waals surface area (Å²) in [4.78, 5) is 14.0. The van der Waals surface area contributed by atoms with Crippen LogP contribution in [-0.2, 0) is 9.84 Å². The van der Waals surface area contributed by atoms with Crippen molar-refractivity contribution in [3.63, 3.8) is 0 Å². The van der Waals surface area contributed by atoms with Gasteiger partial charge in [0.25, 0.3) is 5.91 Å². The first kappa shape index (κ1) is 13.9. The molecule has 0 radical (unpaired) electrons. The normalized spacial score (nSPS) is 20.7. The molecule has 0 saturated carbocycles. The number of benzene rings is 1. The van der Waals surface area contributed by atoms with Crippen molar-refractivity contribution in [1.29, 1.82) is 0 Å². The summed E-state index contributed by atoms with van der Waals surface area (Å²) in [5.74, 6) is -0.155. The van der Waals surface area contributed by atoms with E-state index in [9.17, 15) is 13.2 Å². The second-order valence-corrected chi connectivity index (χ2v) is 7.58. The molecule has 2 aromatic rings. The number of aromatic amines is 1. The number of fused-ring (bicyclic) bond motifs is 1. The molecule has 0 bridgehead atoms. The predicted molar refractivity (Wildman–Crippen MR) is 79.7 cm³/mol. The van der Waals surface area contributed by atoms with Crippen molar-refractivity contribution in [3.05, 3.63) is 23.9 Å². The van der Waals surface area contributed by atoms with Gasteiger partial charge in [0.15, 0.2) is 15.5 Å². The molecule has 1 amide bonds. The summed E-state index contributed by atoms with van der Waals surface area (Å²) in [6, 6.07) is 4.87. The molecule has 2 heterocycles. The van der Waals surface area contributed by atoms with E-state index >= 15 is 0 Å². The van der Waals surface area contributed by atoms with Crippen LogP contribution in [0.5, 0.6) is 0 Å². The fraction of sp³-hybridized carbons (Fsp3) is 0.385. The van der Waals surface area contributed by atoms with Crippen LogP contribution in [0.4, 0.5) is 5.69 Å². The Labute approximate surface area is 122 Å². The average molecular weight is 308 g/mol. The minimum absolute atomic E-state index is 0.0136. The topological polar surface area (TPSA) is 109 Å². The summed E-state index contributed by atoms with van der Waals surface area (Å²) in [6.07, 6.45) is 0.467. The van der Waals surface area contributed by atoms with Gasteiger partial charge in [0, 0.05) is 24.2 Å². The number of anilines is 1. The first-order valence-electron chi connectivity index (χ1n) is 6.58. The zero-order valence-corrected chi connectivity index (χ0v) is 12.4. The number of nitrogens with one attached hydrogen (secondary N) is 1. The largest absolute Gasteiger partial charge is 0.399 e. The minimum atomic E-state index is -3.03. The van der Waals surface area contributed by atoms with E-state index in [0.717, 1.165) is 5.52 Å². The van der Waals surface area contributed by atoms with Gasteiger partial charge in [-0.2, -0.15) is 5.10 Å². The van der Waals surface area contributed by atoms with Gasteiger partial charge in [-0.15, -0.1) is 0 Å². The van der Waals surface area contributed by atoms with E-state index in [4.69, 9.17) is 5.73 Å². The third-order valence-corrected chi connectivity index (χ3v) is 5.62. The standard InChI is InChI=1S/C13H16N4O3S/c1-17(9-4-5-21(19,20)7-9)13(18)12-10-6-8(14)2-3-11(10)15-16-12/h2-3,6,9H,4-5,7,14H2,1H3,(H,15,16). The van der Waals surface area contributed by atoms with Gasteiger partial charge in [0.05, 0.1) is 17.0 Å². The van der Waals surface area contributed by atoms with Crippen LogP contribution in [0.25, 0.3) is 10.9 Å². The lowest BCUT2D eigenvalue weighted by Gasteiger charge is -2.22. The van der Waals surface area contributed by atoms with Crippen LogP contribution in [0.15, 0.2) is 18.2 Å². The zero-order chi connectivity index (χ0) is 15.2. The molecule has 3 rings (SSSR count). The van der Waals surface area contributed by atoms with Crippen molar-refractivity contribution >= 4 is 32.3 Å². The van der Waals surface area contributed by atoms with E-state index in [1.54, 1.807) is 25.2 Å². The lowest BCUT2D eigenvalue weighted by Crippen LogP contribution is -2.38. The number of carbonyl (C=O) groups is 1. The number of amides is 1. The number of hydrogen-bond donors (Lipinski definition) is 2. The molecular formula is C13H16N4O3S. The van der Waals surface area contributed by atoms with Crippen LogP contribution in [0, 0.1) is 0 Å². The van der Waals surface area contributed by atoms with Crippen LogP contribution < -0.4 is 5.73 Å². The third-order valence-electron chi connectivity index (χ3n) is 3.87. The molecule has 8 heteroatoms. The highest BCUT2D eigenvalue weighted by Gasteiger charge is 2.34. The predicted octanol–water partition coefficient (Wildman–Crippen LogP) is 0.404. The Morgan fingerprint density at radius 3 is 2.90 bits per heavy atom. The highest BCUT2D eigenvalue weighted by molar-refractivity contribution is 7.91. The highest BCUT2D eigenvalue weighted by atomic mass is 32.2. The lowest BCUT2D eigenvalue weighted by atomic mass is 10.1. The molecule has 7 nitrogen and oxygen atoms in total. The smallest absolute Gasteiger partial charge is 0.275 e. The van der Waals surface area contributed by atoms with Gasteiger partial charge in [0.1, 0.15) is 0 Å².